The molecule has 1 heterocycles. The van der Waals surface area contributed by atoms with Crippen LogP contribution in [0.15, 0.2) is 28.7 Å². The lowest BCUT2D eigenvalue weighted by molar-refractivity contribution is -0.129. The first-order chi connectivity index (χ1) is 9.97. The molecule has 3 amide bonds. The molecule has 0 aromatic heterocycles. The molecule has 0 radical (unpaired) electrons. The van der Waals surface area contributed by atoms with Gasteiger partial charge >= 0.3 is 0 Å². The maximum Gasteiger partial charge on any atom is 0.243 e. The number of carbonyl (C=O) groups is 3. The normalized spacial score (nSPS) is 18.9. The first-order valence-electron chi connectivity index (χ1n) is 6.60. The van der Waals surface area contributed by atoms with Crippen LogP contribution in [0.25, 0.3) is 0 Å². The van der Waals surface area contributed by atoms with Gasteiger partial charge in [-0.15, -0.1) is 0 Å². The van der Waals surface area contributed by atoms with Crippen molar-refractivity contribution in [1.82, 2.24) is 10.6 Å². The van der Waals surface area contributed by atoms with Crippen molar-refractivity contribution < 1.29 is 14.4 Å². The Morgan fingerprint density at radius 3 is 2.71 bits per heavy atom. The van der Waals surface area contributed by atoms with Gasteiger partial charge in [-0.05, 0) is 18.1 Å². The van der Waals surface area contributed by atoms with Crippen molar-refractivity contribution in [3.8, 4) is 0 Å². The number of primary amides is 1. The van der Waals surface area contributed by atoms with Gasteiger partial charge in [0.05, 0.1) is 0 Å². The third kappa shape index (κ3) is 4.04. The summed E-state index contributed by atoms with van der Waals surface area (Å²) in [7, 11) is 0. The van der Waals surface area contributed by atoms with Gasteiger partial charge in [-0.1, -0.05) is 34.1 Å². The van der Waals surface area contributed by atoms with Crippen molar-refractivity contribution in [2.45, 2.75) is 31.3 Å². The smallest absolute Gasteiger partial charge is 0.243 e. The largest absolute Gasteiger partial charge is 0.368 e. The minimum atomic E-state index is -0.811. The number of nitrogens with two attached hydrogens (primary N) is 1. The molecular weight excluding hydrogens is 338 g/mol. The van der Waals surface area contributed by atoms with Crippen LogP contribution in [0.4, 0.5) is 0 Å². The fourth-order valence-corrected chi connectivity index (χ4v) is 2.64. The van der Waals surface area contributed by atoms with Crippen LogP contribution in [0.5, 0.6) is 0 Å². The van der Waals surface area contributed by atoms with Crippen molar-refractivity contribution in [3.63, 3.8) is 0 Å². The van der Waals surface area contributed by atoms with Gasteiger partial charge in [-0.25, -0.2) is 0 Å². The van der Waals surface area contributed by atoms with Gasteiger partial charge in [0.1, 0.15) is 12.1 Å². The third-order valence-electron chi connectivity index (χ3n) is 3.35. The molecule has 1 aromatic rings. The quantitative estimate of drug-likeness (QED) is 0.706. The van der Waals surface area contributed by atoms with E-state index in [4.69, 9.17) is 5.73 Å². The second-order valence-corrected chi connectivity index (χ2v) is 5.77. The van der Waals surface area contributed by atoms with E-state index in [1.807, 2.05) is 24.3 Å². The highest BCUT2D eigenvalue weighted by molar-refractivity contribution is 9.10. The number of halogens is 1. The van der Waals surface area contributed by atoms with Crippen molar-refractivity contribution in [2.75, 3.05) is 0 Å². The maximum absolute atomic E-state index is 12.0. The summed E-state index contributed by atoms with van der Waals surface area (Å²) in [6, 6.07) is 6.01. The molecule has 1 saturated heterocycles. The molecule has 0 aliphatic carbocycles. The molecule has 0 bridgehead atoms. The topological polar surface area (TPSA) is 101 Å². The Morgan fingerprint density at radius 2 is 2.14 bits per heavy atom. The van der Waals surface area contributed by atoms with Crippen molar-refractivity contribution >= 4 is 33.7 Å². The summed E-state index contributed by atoms with van der Waals surface area (Å²) in [6.07, 6.45) is 1.05. The molecule has 112 valence electrons. The lowest BCUT2D eigenvalue weighted by Gasteiger charge is -2.18. The van der Waals surface area contributed by atoms with Crippen LogP contribution < -0.4 is 16.4 Å². The van der Waals surface area contributed by atoms with E-state index in [9.17, 15) is 14.4 Å². The molecule has 1 aliphatic rings. The van der Waals surface area contributed by atoms with Gasteiger partial charge in [-0.3, -0.25) is 14.4 Å². The Morgan fingerprint density at radius 1 is 1.43 bits per heavy atom. The fraction of sp³-hybridized carbons (Fsp3) is 0.357. The van der Waals surface area contributed by atoms with Crippen LogP contribution in [0.2, 0.25) is 0 Å². The summed E-state index contributed by atoms with van der Waals surface area (Å²) in [5.41, 5.74) is 6.22. The Bertz CT molecular complexity index is 576. The molecule has 2 rings (SSSR count). The van der Waals surface area contributed by atoms with E-state index < -0.39 is 18.0 Å². The molecule has 2 atom stereocenters. The van der Waals surface area contributed by atoms with E-state index in [2.05, 4.69) is 26.6 Å². The molecule has 1 aromatic carbocycles. The SMILES string of the molecule is NC(=O)[C@H](Cc1ccccc1Br)NC(=O)[C@@H]1CCC(=O)N1. The van der Waals surface area contributed by atoms with Crippen LogP contribution in [-0.4, -0.2) is 29.8 Å². The van der Waals surface area contributed by atoms with E-state index in [0.717, 1.165) is 10.0 Å². The van der Waals surface area contributed by atoms with Crippen LogP contribution in [0.3, 0.4) is 0 Å². The van der Waals surface area contributed by atoms with Crippen molar-refractivity contribution in [2.24, 2.45) is 5.73 Å². The molecule has 0 unspecified atom stereocenters. The minimum absolute atomic E-state index is 0.156. The molecule has 1 aliphatic heterocycles. The lowest BCUT2D eigenvalue weighted by Crippen LogP contribution is -2.51. The second kappa shape index (κ2) is 6.71. The first-order valence-corrected chi connectivity index (χ1v) is 7.39. The minimum Gasteiger partial charge on any atom is -0.368 e. The number of benzene rings is 1. The number of hydrogen-bond acceptors (Lipinski definition) is 3. The number of carbonyl (C=O) groups excluding carboxylic acids is 3. The molecular formula is C14H16BrN3O3. The van der Waals surface area contributed by atoms with Crippen LogP contribution in [-0.2, 0) is 20.8 Å². The summed E-state index contributed by atoms with van der Waals surface area (Å²) in [5.74, 6) is -1.14. The number of amides is 3. The molecule has 6 nitrogen and oxygen atoms in total. The van der Waals surface area contributed by atoms with Crippen molar-refractivity contribution in [3.05, 3.63) is 34.3 Å². The summed E-state index contributed by atoms with van der Waals surface area (Å²) in [5, 5.41) is 5.17. The summed E-state index contributed by atoms with van der Waals surface area (Å²) < 4.78 is 0.847. The number of nitrogens with one attached hydrogen (secondary N) is 2. The second-order valence-electron chi connectivity index (χ2n) is 4.92. The van der Waals surface area contributed by atoms with Gasteiger partial charge in [-0.2, -0.15) is 0 Å². The average Bonchev–Trinajstić information content (AvgIpc) is 2.87. The standard InChI is InChI=1S/C14H16BrN3O3/c15-9-4-2-1-3-8(9)7-11(13(16)20)18-14(21)10-5-6-12(19)17-10/h1-4,10-11H,5-7H2,(H2,16,20)(H,17,19)(H,18,21)/t10-,11-/m0/s1. The zero-order valence-electron chi connectivity index (χ0n) is 11.3. The zero-order valence-corrected chi connectivity index (χ0v) is 12.9. The van der Waals surface area contributed by atoms with Gasteiger partial charge < -0.3 is 16.4 Å². The average molecular weight is 354 g/mol. The number of hydrogen-bond donors (Lipinski definition) is 3. The lowest BCUT2D eigenvalue weighted by atomic mass is 10.0. The van der Waals surface area contributed by atoms with Crippen LogP contribution in [0, 0.1) is 0 Å². The highest BCUT2D eigenvalue weighted by Crippen LogP contribution is 2.17. The maximum atomic E-state index is 12.0. The highest BCUT2D eigenvalue weighted by atomic mass is 79.9. The number of rotatable bonds is 5. The van der Waals surface area contributed by atoms with Crippen LogP contribution >= 0.6 is 15.9 Å². The first kappa shape index (κ1) is 15.5. The molecule has 1 fully saturated rings. The summed E-state index contributed by atoms with van der Waals surface area (Å²) in [6.45, 7) is 0. The Hall–Kier alpha value is -1.89. The predicted molar refractivity (Wildman–Crippen MR) is 80.1 cm³/mol. The molecule has 21 heavy (non-hydrogen) atoms. The van der Waals surface area contributed by atoms with Gasteiger partial charge in [0.25, 0.3) is 0 Å². The molecule has 0 saturated carbocycles. The van der Waals surface area contributed by atoms with Crippen molar-refractivity contribution in [1.29, 1.82) is 0 Å². The highest BCUT2D eigenvalue weighted by Gasteiger charge is 2.30. The van der Waals surface area contributed by atoms with E-state index in [-0.39, 0.29) is 11.8 Å². The molecule has 0 spiro atoms. The molecule has 4 N–H and O–H groups in total. The Kier molecular flexibility index (Phi) is 4.95. The van der Waals surface area contributed by atoms with E-state index in [0.29, 0.717) is 19.3 Å². The van der Waals surface area contributed by atoms with Gasteiger partial charge in [0.15, 0.2) is 0 Å². The Labute approximate surface area is 130 Å². The monoisotopic (exact) mass is 353 g/mol. The van der Waals surface area contributed by atoms with E-state index >= 15 is 0 Å². The summed E-state index contributed by atoms with van der Waals surface area (Å²) in [4.78, 5) is 34.7. The van der Waals surface area contributed by atoms with Gasteiger partial charge in [0, 0.05) is 17.3 Å². The van der Waals surface area contributed by atoms with Crippen LogP contribution in [0.1, 0.15) is 18.4 Å². The van der Waals surface area contributed by atoms with E-state index in [1.165, 1.54) is 0 Å². The van der Waals surface area contributed by atoms with E-state index in [1.54, 1.807) is 0 Å². The summed E-state index contributed by atoms with van der Waals surface area (Å²) >= 11 is 3.39. The predicted octanol–water partition coefficient (Wildman–Crippen LogP) is 0.240. The van der Waals surface area contributed by atoms with Gasteiger partial charge in [0.2, 0.25) is 17.7 Å². The fourth-order valence-electron chi connectivity index (χ4n) is 2.19. The Balaban J connectivity index is 2.03. The molecule has 7 heteroatoms. The zero-order chi connectivity index (χ0) is 15.4. The third-order valence-corrected chi connectivity index (χ3v) is 4.13.